The minimum atomic E-state index is -4.29. The van der Waals surface area contributed by atoms with Crippen LogP contribution < -0.4 is 0 Å². The molecule has 0 saturated heterocycles. The average molecular weight is 142 g/mol. The Hall–Kier alpha value is -0.353. The molecule has 0 saturated carbocycles. The topological polar surface area (TPSA) is 23.8 Å². The summed E-state index contributed by atoms with van der Waals surface area (Å²) in [6, 6.07) is 0. The predicted octanol–water partition coefficient (Wildman–Crippen LogP) is 1.19. The molecule has 0 aromatic rings. The molecule has 6 heteroatoms. The Morgan fingerprint density at radius 1 is 1.38 bits per heavy atom. The van der Waals surface area contributed by atoms with E-state index in [-0.39, 0.29) is 0 Å². The molecule has 8 heavy (non-hydrogen) atoms. The Bertz CT molecular complexity index is 116. The zero-order chi connectivity index (χ0) is 6.78. The fourth-order valence-electron chi connectivity index (χ4n) is 0.0423. The molecule has 0 aliphatic carbocycles. The summed E-state index contributed by atoms with van der Waals surface area (Å²) in [5.74, 6) is 0. The Labute approximate surface area is 44.7 Å². The van der Waals surface area contributed by atoms with Crippen LogP contribution in [0.3, 0.4) is 0 Å². The normalized spacial score (nSPS) is 11.5. The number of hydrogen-bond acceptors (Lipinski definition) is 1. The Balaban J connectivity index is 3.97. The third-order valence-corrected chi connectivity index (χ3v) is 0.848. The van der Waals surface area contributed by atoms with Crippen LogP contribution in [-0.4, -0.2) is 14.7 Å². The monoisotopic (exact) mass is 142 g/mol. The van der Waals surface area contributed by atoms with Crippen molar-refractivity contribution >= 4 is 9.15 Å². The van der Waals surface area contributed by atoms with Gasteiger partial charge in [-0.15, -0.1) is 0 Å². The van der Waals surface area contributed by atoms with Crippen molar-refractivity contribution in [2.45, 2.75) is 5.55 Å². The van der Waals surface area contributed by atoms with Gasteiger partial charge in [0.15, 0.2) is 0 Å². The summed E-state index contributed by atoms with van der Waals surface area (Å²) in [4.78, 5) is 7.54. The molecule has 0 heterocycles. The highest BCUT2D eigenvalue weighted by Crippen LogP contribution is 2.24. The predicted molar refractivity (Wildman–Crippen MR) is 17.9 cm³/mol. The van der Waals surface area contributed by atoms with E-state index in [0.717, 1.165) is 0 Å². The van der Waals surface area contributed by atoms with E-state index in [4.69, 9.17) is 4.89 Å². The van der Waals surface area contributed by atoms with E-state index in [0.29, 0.717) is 0 Å². The van der Waals surface area contributed by atoms with Crippen LogP contribution in [0.2, 0.25) is 0 Å². The Morgan fingerprint density at radius 2 is 1.75 bits per heavy atom. The molecule has 1 nitrogen and oxygen atoms in total. The Kier molecular flexibility index (Phi) is 2.18. The lowest BCUT2D eigenvalue weighted by Gasteiger charge is -2.00. The molecule has 0 rings (SSSR count). The Morgan fingerprint density at radius 3 is 1.75 bits per heavy atom. The summed E-state index contributed by atoms with van der Waals surface area (Å²) >= 11 is 0. The van der Waals surface area contributed by atoms with Gasteiger partial charge >= 0.3 is 12.0 Å². The highest BCUT2D eigenvalue weighted by molar-refractivity contribution is 6.20. The van der Waals surface area contributed by atoms with E-state index < -0.39 is 21.1 Å². The first-order chi connectivity index (χ1) is 3.50. The fraction of sp³-hybridized carbons (Fsp3) is 0.500. The first-order valence-electron chi connectivity index (χ1n) is 1.48. The molecule has 0 amide bonds. The minimum absolute atomic E-state index is 2.06. The first-order valence-corrected chi connectivity index (χ1v) is 2.43. The van der Waals surface area contributed by atoms with Crippen molar-refractivity contribution in [3.05, 3.63) is 6.43 Å². The van der Waals surface area contributed by atoms with E-state index in [1.165, 1.54) is 0 Å². The van der Waals surface area contributed by atoms with Crippen LogP contribution in [0.15, 0.2) is 0 Å². The lowest BCUT2D eigenvalue weighted by atomic mass is 10.7. The number of rotatable bonds is 1. The standard InChI is InChI=1S/C2F4NSi/c3-1(4)2(5,6)8-7. The van der Waals surface area contributed by atoms with Crippen LogP contribution in [0.5, 0.6) is 0 Å². The zero-order valence-corrected chi connectivity index (χ0v) is 4.46. The highest BCUT2D eigenvalue weighted by atomic mass is 28.2. The van der Waals surface area contributed by atoms with Crippen LogP contribution in [0, 0.1) is 11.3 Å². The van der Waals surface area contributed by atoms with Crippen molar-refractivity contribution in [2.75, 3.05) is 0 Å². The summed E-state index contributed by atoms with van der Waals surface area (Å²) in [5, 5.41) is 0. The molecule has 0 spiro atoms. The van der Waals surface area contributed by atoms with Crippen LogP contribution in [0.25, 0.3) is 0 Å². The quantitative estimate of drug-likeness (QED) is 0.398. The maximum absolute atomic E-state index is 11.3. The summed E-state index contributed by atoms with van der Waals surface area (Å²) in [5.41, 5.74) is -4.29. The summed E-state index contributed by atoms with van der Waals surface area (Å²) < 4.78 is 44.2. The van der Waals surface area contributed by atoms with Gasteiger partial charge in [0.25, 0.3) is 9.15 Å². The molecule has 0 fully saturated rings. The van der Waals surface area contributed by atoms with Crippen LogP contribution in [0.4, 0.5) is 17.6 Å². The number of hydrogen-bond donors (Lipinski definition) is 0. The summed E-state index contributed by atoms with van der Waals surface area (Å²) in [7, 11) is -2.06. The molecule has 0 bridgehead atoms. The third kappa shape index (κ3) is 1.63. The maximum atomic E-state index is 11.3. The van der Waals surface area contributed by atoms with Crippen molar-refractivity contribution < 1.29 is 17.6 Å². The molecule has 0 aromatic carbocycles. The first kappa shape index (κ1) is 7.65. The van der Waals surface area contributed by atoms with Crippen LogP contribution in [0.1, 0.15) is 0 Å². The van der Waals surface area contributed by atoms with E-state index in [1.807, 2.05) is 0 Å². The third-order valence-electron chi connectivity index (χ3n) is 0.378. The van der Waals surface area contributed by atoms with Crippen LogP contribution in [-0.2, 0) is 0 Å². The fourth-order valence-corrected chi connectivity index (χ4v) is 0.127. The lowest BCUT2D eigenvalue weighted by molar-refractivity contribution is 0.0135. The van der Waals surface area contributed by atoms with Crippen molar-refractivity contribution in [1.29, 1.82) is 4.89 Å². The maximum Gasteiger partial charge on any atom is 0.386 e. The summed E-state index contributed by atoms with van der Waals surface area (Å²) in [6.07, 6.45) is -3.04. The van der Waals surface area contributed by atoms with Gasteiger partial charge in [0, 0.05) is 0 Å². The van der Waals surface area contributed by atoms with Gasteiger partial charge in [-0.25, -0.2) is 0 Å². The largest absolute Gasteiger partial charge is 0.386 e. The molecule has 0 aliphatic rings. The molecule has 0 N–H and O–H groups in total. The molecule has 0 aromatic heterocycles. The zero-order valence-electron chi connectivity index (χ0n) is 3.46. The van der Waals surface area contributed by atoms with E-state index >= 15 is 0 Å². The molecule has 0 atom stereocenters. The molecular formula is C2F4NSi. The van der Waals surface area contributed by atoms with Gasteiger partial charge in [-0.05, 0) is 0 Å². The van der Waals surface area contributed by atoms with Gasteiger partial charge in [-0.3, -0.25) is 4.89 Å². The van der Waals surface area contributed by atoms with Crippen molar-refractivity contribution in [3.63, 3.8) is 0 Å². The molecule has 0 unspecified atom stereocenters. The molecule has 0 aliphatic heterocycles. The lowest BCUT2D eigenvalue weighted by Crippen LogP contribution is -2.21. The average Bonchev–Trinajstić information content (AvgIpc) is 1.67. The van der Waals surface area contributed by atoms with Gasteiger partial charge in [-0.1, -0.05) is 0 Å². The van der Waals surface area contributed by atoms with Crippen LogP contribution >= 0.6 is 0 Å². The van der Waals surface area contributed by atoms with E-state index in [1.54, 1.807) is 0 Å². The summed E-state index contributed by atoms with van der Waals surface area (Å²) in [6.45, 7) is 0. The molecule has 1 radical (unpaired) electrons. The van der Waals surface area contributed by atoms with E-state index in [9.17, 15) is 17.6 Å². The van der Waals surface area contributed by atoms with Gasteiger partial charge < -0.3 is 0 Å². The van der Waals surface area contributed by atoms with Crippen molar-refractivity contribution in [2.24, 2.45) is 0 Å². The second kappa shape index (κ2) is 2.28. The smallest absolute Gasteiger partial charge is 0.278 e. The second-order valence-corrected chi connectivity index (χ2v) is 1.80. The van der Waals surface area contributed by atoms with Gasteiger partial charge in [0.1, 0.15) is 0 Å². The highest BCUT2D eigenvalue weighted by Gasteiger charge is 2.42. The van der Waals surface area contributed by atoms with Crippen molar-refractivity contribution in [1.82, 2.24) is 0 Å². The van der Waals surface area contributed by atoms with E-state index in [2.05, 4.69) is 0 Å². The van der Waals surface area contributed by atoms with Gasteiger partial charge in [-0.2, -0.15) is 17.6 Å². The van der Waals surface area contributed by atoms with Crippen molar-refractivity contribution in [3.8, 4) is 0 Å². The minimum Gasteiger partial charge on any atom is -0.278 e. The second-order valence-electron chi connectivity index (χ2n) is 0.947. The van der Waals surface area contributed by atoms with Gasteiger partial charge in [0.05, 0.1) is 0 Å². The molecular weight excluding hydrogens is 142 g/mol. The van der Waals surface area contributed by atoms with Gasteiger partial charge in [0.2, 0.25) is 0 Å². The number of alkyl halides is 2. The number of halogens is 4. The molecule has 45 valence electrons. The number of nitrogens with zero attached hydrogens (tertiary/aromatic N) is 1. The SMILES string of the molecule is N#[Si]C(F)(F)[C](F)F.